The predicted molar refractivity (Wildman–Crippen MR) is 90.5 cm³/mol. The molecule has 25 heavy (non-hydrogen) atoms. The Bertz CT molecular complexity index is 665. The van der Waals surface area contributed by atoms with Crippen molar-refractivity contribution in [2.45, 2.75) is 18.7 Å². The Morgan fingerprint density at radius 2 is 1.84 bits per heavy atom. The molecule has 5 nitrogen and oxygen atoms in total. The molecule has 0 fully saturated rings. The molecule has 2 atom stereocenters. The molecule has 136 valence electrons. The van der Waals surface area contributed by atoms with Gasteiger partial charge in [-0.1, -0.05) is 12.1 Å². The lowest BCUT2D eigenvalue weighted by atomic mass is 10.1. The smallest absolute Gasteiger partial charge is 0.129 e. The average Bonchev–Trinajstić information content (AvgIpc) is 2.59. The number of ether oxygens (including phenoxy) is 2. The number of hydrogen-bond donors (Lipinski definition) is 3. The van der Waals surface area contributed by atoms with Gasteiger partial charge in [0.25, 0.3) is 0 Å². The highest BCUT2D eigenvalue weighted by Crippen LogP contribution is 2.15. The zero-order valence-electron chi connectivity index (χ0n) is 13.9. The fraction of sp³-hybridized carbons (Fsp3) is 0.333. The van der Waals surface area contributed by atoms with Crippen molar-refractivity contribution >= 4 is 0 Å². The van der Waals surface area contributed by atoms with Gasteiger partial charge in [0.05, 0.1) is 19.3 Å². The van der Waals surface area contributed by atoms with Gasteiger partial charge in [-0.25, -0.2) is 8.78 Å². The van der Waals surface area contributed by atoms with Crippen molar-refractivity contribution < 1.29 is 23.4 Å². The third-order valence-corrected chi connectivity index (χ3v) is 3.59. The second kappa shape index (κ2) is 9.31. The molecule has 0 saturated heterocycles. The quantitative estimate of drug-likeness (QED) is 0.642. The highest BCUT2D eigenvalue weighted by atomic mass is 19.1. The zero-order valence-corrected chi connectivity index (χ0v) is 13.9. The summed E-state index contributed by atoms with van der Waals surface area (Å²) in [5.41, 5.74) is 6.85. The third-order valence-electron chi connectivity index (χ3n) is 3.59. The standard InChI is InChI=1S/C18H22F2N2O3/c1-24-15-4-2-3-12(5-15)9-22-10-18(23)17(21)11-25-16-7-13(19)6-14(20)8-16/h2-8,17-18,22-23H,9-11,21H2,1H3/t17-,18+/m0/s1. The first-order valence-electron chi connectivity index (χ1n) is 7.84. The first-order chi connectivity index (χ1) is 12.0. The Balaban J connectivity index is 1.75. The van der Waals surface area contributed by atoms with E-state index in [1.807, 2.05) is 24.3 Å². The van der Waals surface area contributed by atoms with Gasteiger partial charge >= 0.3 is 0 Å². The van der Waals surface area contributed by atoms with Crippen molar-refractivity contribution in [1.82, 2.24) is 5.32 Å². The third kappa shape index (κ3) is 6.30. The molecule has 0 aromatic heterocycles. The predicted octanol–water partition coefficient (Wildman–Crippen LogP) is 1.83. The van der Waals surface area contributed by atoms with E-state index < -0.39 is 23.8 Å². The molecule has 0 aliphatic rings. The number of nitrogens with two attached hydrogens (primary N) is 1. The summed E-state index contributed by atoms with van der Waals surface area (Å²) in [6.45, 7) is 0.723. The number of hydrogen-bond acceptors (Lipinski definition) is 5. The number of aliphatic hydroxyl groups excluding tert-OH is 1. The largest absolute Gasteiger partial charge is 0.497 e. The van der Waals surface area contributed by atoms with Crippen LogP contribution in [0.25, 0.3) is 0 Å². The van der Waals surface area contributed by atoms with E-state index in [1.165, 1.54) is 0 Å². The Morgan fingerprint density at radius 1 is 1.12 bits per heavy atom. The van der Waals surface area contributed by atoms with Crippen molar-refractivity contribution in [1.29, 1.82) is 0 Å². The van der Waals surface area contributed by atoms with Gasteiger partial charge < -0.3 is 25.6 Å². The molecule has 0 spiro atoms. The SMILES string of the molecule is COc1cccc(CNC[C@@H](O)[C@@H](N)COc2cc(F)cc(F)c2)c1. The van der Waals surface area contributed by atoms with Crippen LogP contribution in [0.3, 0.4) is 0 Å². The highest BCUT2D eigenvalue weighted by Gasteiger charge is 2.15. The van der Waals surface area contributed by atoms with Gasteiger partial charge in [-0.3, -0.25) is 0 Å². The fourth-order valence-corrected chi connectivity index (χ4v) is 2.21. The molecule has 0 radical (unpaired) electrons. The zero-order chi connectivity index (χ0) is 18.2. The maximum absolute atomic E-state index is 13.1. The summed E-state index contributed by atoms with van der Waals surface area (Å²) < 4.78 is 36.5. The van der Waals surface area contributed by atoms with Gasteiger partial charge in [-0.15, -0.1) is 0 Å². The monoisotopic (exact) mass is 352 g/mol. The molecule has 0 heterocycles. The minimum atomic E-state index is -0.871. The van der Waals surface area contributed by atoms with Crippen LogP contribution in [-0.2, 0) is 6.54 Å². The van der Waals surface area contributed by atoms with Crippen LogP contribution in [0, 0.1) is 11.6 Å². The Kier molecular flexibility index (Phi) is 7.12. The molecule has 0 unspecified atom stereocenters. The van der Waals surface area contributed by atoms with Crippen LogP contribution in [0.1, 0.15) is 5.56 Å². The van der Waals surface area contributed by atoms with Gasteiger partial charge in [0.1, 0.15) is 29.7 Å². The molecule has 2 aromatic carbocycles. The fourth-order valence-electron chi connectivity index (χ4n) is 2.21. The van der Waals surface area contributed by atoms with E-state index >= 15 is 0 Å². The average molecular weight is 352 g/mol. The molecular formula is C18H22F2N2O3. The van der Waals surface area contributed by atoms with Crippen LogP contribution < -0.4 is 20.5 Å². The molecule has 0 bridgehead atoms. The molecule has 7 heteroatoms. The lowest BCUT2D eigenvalue weighted by molar-refractivity contribution is 0.114. The Labute approximate surface area is 145 Å². The van der Waals surface area contributed by atoms with Gasteiger partial charge in [0.15, 0.2) is 0 Å². The molecular weight excluding hydrogens is 330 g/mol. The van der Waals surface area contributed by atoms with Crippen LogP contribution in [0.15, 0.2) is 42.5 Å². The van der Waals surface area contributed by atoms with Gasteiger partial charge in [-0.05, 0) is 17.7 Å². The molecule has 2 rings (SSSR count). The number of aliphatic hydroxyl groups is 1. The van der Waals surface area contributed by atoms with Crippen LogP contribution >= 0.6 is 0 Å². The molecule has 0 saturated carbocycles. The second-order valence-corrected chi connectivity index (χ2v) is 5.63. The minimum absolute atomic E-state index is 0.0319. The van der Waals surface area contributed by atoms with Gasteiger partial charge in [-0.2, -0.15) is 0 Å². The van der Waals surface area contributed by atoms with Gasteiger partial charge in [0, 0.05) is 31.3 Å². The van der Waals surface area contributed by atoms with E-state index in [0.29, 0.717) is 6.54 Å². The van der Waals surface area contributed by atoms with Crippen molar-refractivity contribution in [2.24, 2.45) is 5.73 Å². The molecule has 0 aliphatic heterocycles. The van der Waals surface area contributed by atoms with E-state index in [0.717, 1.165) is 29.5 Å². The first kappa shape index (κ1) is 19.1. The van der Waals surface area contributed by atoms with Crippen molar-refractivity contribution in [2.75, 3.05) is 20.3 Å². The van der Waals surface area contributed by atoms with Crippen LogP contribution in [-0.4, -0.2) is 37.5 Å². The summed E-state index contributed by atoms with van der Waals surface area (Å²) in [4.78, 5) is 0. The van der Waals surface area contributed by atoms with Crippen molar-refractivity contribution in [3.63, 3.8) is 0 Å². The maximum atomic E-state index is 13.1. The number of methoxy groups -OCH3 is 1. The Hall–Kier alpha value is -2.22. The number of benzene rings is 2. The minimum Gasteiger partial charge on any atom is -0.497 e. The summed E-state index contributed by atoms with van der Waals surface area (Å²) in [6, 6.07) is 9.72. The van der Waals surface area contributed by atoms with Crippen LogP contribution in [0.5, 0.6) is 11.5 Å². The number of rotatable bonds is 9. The Morgan fingerprint density at radius 3 is 2.52 bits per heavy atom. The lowest BCUT2D eigenvalue weighted by Crippen LogP contribution is -2.45. The normalized spacial score (nSPS) is 13.3. The van der Waals surface area contributed by atoms with E-state index in [1.54, 1.807) is 7.11 Å². The lowest BCUT2D eigenvalue weighted by Gasteiger charge is -2.20. The maximum Gasteiger partial charge on any atom is 0.129 e. The topological polar surface area (TPSA) is 76.7 Å². The van der Waals surface area contributed by atoms with Crippen molar-refractivity contribution in [3.8, 4) is 11.5 Å². The summed E-state index contributed by atoms with van der Waals surface area (Å²) in [5, 5.41) is 13.1. The van der Waals surface area contributed by atoms with E-state index in [9.17, 15) is 13.9 Å². The van der Waals surface area contributed by atoms with E-state index in [2.05, 4.69) is 5.32 Å². The van der Waals surface area contributed by atoms with Gasteiger partial charge in [0.2, 0.25) is 0 Å². The van der Waals surface area contributed by atoms with E-state index in [4.69, 9.17) is 15.2 Å². The van der Waals surface area contributed by atoms with Crippen molar-refractivity contribution in [3.05, 3.63) is 59.7 Å². The second-order valence-electron chi connectivity index (χ2n) is 5.63. The molecule has 0 amide bonds. The number of halogens is 2. The van der Waals surface area contributed by atoms with Crippen LogP contribution in [0.4, 0.5) is 8.78 Å². The molecule has 4 N–H and O–H groups in total. The summed E-state index contributed by atoms with van der Waals surface area (Å²) in [5.74, 6) is -0.676. The summed E-state index contributed by atoms with van der Waals surface area (Å²) in [6.07, 6.45) is -0.871. The molecule has 0 aliphatic carbocycles. The highest BCUT2D eigenvalue weighted by molar-refractivity contribution is 5.28. The van der Waals surface area contributed by atoms with E-state index in [-0.39, 0.29) is 18.9 Å². The molecule has 2 aromatic rings. The summed E-state index contributed by atoms with van der Waals surface area (Å²) in [7, 11) is 1.60. The van der Waals surface area contributed by atoms with Crippen LogP contribution in [0.2, 0.25) is 0 Å². The number of nitrogens with one attached hydrogen (secondary N) is 1. The summed E-state index contributed by atoms with van der Waals surface area (Å²) >= 11 is 0. The first-order valence-corrected chi connectivity index (χ1v) is 7.84.